The molecule has 1 aromatic carbocycles. The lowest BCUT2D eigenvalue weighted by Gasteiger charge is -2.35. The molecule has 1 fully saturated rings. The van der Waals surface area contributed by atoms with Crippen LogP contribution in [-0.4, -0.2) is 48.5 Å². The van der Waals surface area contributed by atoms with E-state index in [9.17, 15) is 18.0 Å². The van der Waals surface area contributed by atoms with E-state index in [4.69, 9.17) is 23.2 Å². The predicted octanol–water partition coefficient (Wildman–Crippen LogP) is 4.41. The van der Waals surface area contributed by atoms with Gasteiger partial charge in [0.15, 0.2) is 0 Å². The molecular formula is C20H21Cl2F3N4O. The van der Waals surface area contributed by atoms with Gasteiger partial charge >= 0.3 is 6.18 Å². The Morgan fingerprint density at radius 3 is 2.50 bits per heavy atom. The summed E-state index contributed by atoms with van der Waals surface area (Å²) in [7, 11) is 0. The number of hydrogen-bond donors (Lipinski definition) is 1. The van der Waals surface area contributed by atoms with Crippen LogP contribution in [-0.2, 0) is 11.0 Å². The Kier molecular flexibility index (Phi) is 7.10. The summed E-state index contributed by atoms with van der Waals surface area (Å²) < 4.78 is 38.3. The van der Waals surface area contributed by atoms with E-state index < -0.39 is 11.7 Å². The average molecular weight is 461 g/mol. The van der Waals surface area contributed by atoms with Gasteiger partial charge in [-0.3, -0.25) is 9.69 Å². The maximum atomic E-state index is 12.8. The molecule has 0 spiro atoms. The van der Waals surface area contributed by atoms with Gasteiger partial charge in [0.1, 0.15) is 5.82 Å². The highest BCUT2D eigenvalue weighted by atomic mass is 35.5. The minimum atomic E-state index is -4.48. The number of carbonyl (C=O) groups is 1. The highest BCUT2D eigenvalue weighted by Gasteiger charge is 2.32. The molecule has 1 amide bonds. The fourth-order valence-corrected chi connectivity index (χ4v) is 3.77. The monoisotopic (exact) mass is 460 g/mol. The van der Waals surface area contributed by atoms with Gasteiger partial charge in [0.05, 0.1) is 23.2 Å². The molecule has 1 N–H and O–H groups in total. The molecule has 1 aromatic heterocycles. The molecule has 10 heteroatoms. The van der Waals surface area contributed by atoms with Crippen LogP contribution in [0.4, 0.5) is 19.0 Å². The molecule has 1 saturated heterocycles. The zero-order valence-corrected chi connectivity index (χ0v) is 17.7. The number of pyridine rings is 1. The van der Waals surface area contributed by atoms with Crippen molar-refractivity contribution in [1.82, 2.24) is 15.2 Å². The average Bonchev–Trinajstić information content (AvgIpc) is 2.68. The van der Waals surface area contributed by atoms with E-state index in [1.54, 1.807) is 6.07 Å². The molecule has 1 atom stereocenters. The number of benzene rings is 1. The quantitative estimate of drug-likeness (QED) is 0.717. The Labute approximate surface area is 182 Å². The number of nitrogens with zero attached hydrogens (tertiary/aromatic N) is 3. The normalized spacial score (nSPS) is 16.4. The third-order valence-electron chi connectivity index (χ3n) is 4.91. The van der Waals surface area contributed by atoms with Crippen LogP contribution in [0.2, 0.25) is 10.0 Å². The lowest BCUT2D eigenvalue weighted by atomic mass is 10.1. The maximum absolute atomic E-state index is 12.8. The largest absolute Gasteiger partial charge is 0.417 e. The van der Waals surface area contributed by atoms with Crippen molar-refractivity contribution in [2.45, 2.75) is 19.1 Å². The third-order valence-corrected chi connectivity index (χ3v) is 5.43. The van der Waals surface area contributed by atoms with Gasteiger partial charge < -0.3 is 10.2 Å². The SMILES string of the molecule is CC(NC(=O)CN1CCN(c2ncc(C(F)(F)F)cc2Cl)CC1)c1cccc(Cl)c1. The van der Waals surface area contributed by atoms with E-state index in [0.717, 1.165) is 17.8 Å². The topological polar surface area (TPSA) is 48.5 Å². The van der Waals surface area contributed by atoms with Gasteiger partial charge in [-0.25, -0.2) is 4.98 Å². The lowest BCUT2D eigenvalue weighted by molar-refractivity contribution is -0.137. The number of rotatable bonds is 5. The van der Waals surface area contributed by atoms with Gasteiger partial charge in [0, 0.05) is 37.4 Å². The zero-order chi connectivity index (χ0) is 21.9. The molecular weight excluding hydrogens is 440 g/mol. The molecule has 1 unspecified atom stereocenters. The zero-order valence-electron chi connectivity index (χ0n) is 16.2. The van der Waals surface area contributed by atoms with Gasteiger partial charge in [-0.1, -0.05) is 35.3 Å². The van der Waals surface area contributed by atoms with Crippen molar-refractivity contribution in [3.63, 3.8) is 0 Å². The fourth-order valence-electron chi connectivity index (χ4n) is 3.29. The number of piperazine rings is 1. The summed E-state index contributed by atoms with van der Waals surface area (Å²) in [6, 6.07) is 8.04. The smallest absolute Gasteiger partial charge is 0.353 e. The van der Waals surface area contributed by atoms with Crippen LogP contribution in [0.15, 0.2) is 36.5 Å². The second kappa shape index (κ2) is 9.41. The second-order valence-corrected chi connectivity index (χ2v) is 7.98. The number of hydrogen-bond acceptors (Lipinski definition) is 4. The molecule has 162 valence electrons. The van der Waals surface area contributed by atoms with Crippen LogP contribution >= 0.6 is 23.2 Å². The van der Waals surface area contributed by atoms with Gasteiger partial charge in [-0.2, -0.15) is 13.2 Å². The van der Waals surface area contributed by atoms with Crippen molar-refractivity contribution in [3.05, 3.63) is 57.7 Å². The molecule has 0 bridgehead atoms. The van der Waals surface area contributed by atoms with Crippen LogP contribution < -0.4 is 10.2 Å². The van der Waals surface area contributed by atoms with Crippen LogP contribution in [0, 0.1) is 0 Å². The molecule has 5 nitrogen and oxygen atoms in total. The molecule has 1 aliphatic rings. The molecule has 0 aliphatic carbocycles. The minimum Gasteiger partial charge on any atom is -0.353 e. The Hall–Kier alpha value is -2.03. The lowest BCUT2D eigenvalue weighted by Crippen LogP contribution is -2.50. The summed E-state index contributed by atoms with van der Waals surface area (Å²) in [5.74, 6) is 0.213. The minimum absolute atomic E-state index is 0.0358. The van der Waals surface area contributed by atoms with Crippen LogP contribution in [0.3, 0.4) is 0 Å². The standard InChI is InChI=1S/C20H21Cl2F3N4O/c1-13(14-3-2-4-16(21)9-14)27-18(30)12-28-5-7-29(8-6-28)19-17(22)10-15(11-26-19)20(23,24)25/h2-4,9-11,13H,5-8,12H2,1H3,(H,27,30). The summed E-state index contributed by atoms with van der Waals surface area (Å²) in [6.45, 7) is 4.27. The van der Waals surface area contributed by atoms with Gasteiger partial charge in [-0.05, 0) is 30.7 Å². The summed E-state index contributed by atoms with van der Waals surface area (Å²) in [6.07, 6.45) is -3.69. The first-order chi connectivity index (χ1) is 14.1. The van der Waals surface area contributed by atoms with Gasteiger partial charge in [0.25, 0.3) is 0 Å². The highest BCUT2D eigenvalue weighted by Crippen LogP contribution is 2.33. The van der Waals surface area contributed by atoms with Crippen molar-refractivity contribution in [2.24, 2.45) is 0 Å². The Balaban J connectivity index is 1.51. The van der Waals surface area contributed by atoms with Crippen LogP contribution in [0.25, 0.3) is 0 Å². The van der Waals surface area contributed by atoms with Crippen molar-refractivity contribution in [3.8, 4) is 0 Å². The summed E-state index contributed by atoms with van der Waals surface area (Å²) >= 11 is 12.0. The molecule has 2 heterocycles. The van der Waals surface area contributed by atoms with E-state index in [1.807, 2.05) is 34.9 Å². The van der Waals surface area contributed by atoms with E-state index in [2.05, 4.69) is 10.3 Å². The van der Waals surface area contributed by atoms with Crippen molar-refractivity contribution in [1.29, 1.82) is 0 Å². The summed E-state index contributed by atoms with van der Waals surface area (Å²) in [5.41, 5.74) is 0.0454. The van der Waals surface area contributed by atoms with Gasteiger partial charge in [-0.15, -0.1) is 0 Å². The fraction of sp³-hybridized carbons (Fsp3) is 0.400. The van der Waals surface area contributed by atoms with Crippen molar-refractivity contribution in [2.75, 3.05) is 37.6 Å². The number of nitrogens with one attached hydrogen (secondary N) is 1. The van der Waals surface area contributed by atoms with Gasteiger partial charge in [0.2, 0.25) is 5.91 Å². The first-order valence-electron chi connectivity index (χ1n) is 9.38. The van der Waals surface area contributed by atoms with Crippen molar-refractivity contribution >= 4 is 34.9 Å². The maximum Gasteiger partial charge on any atom is 0.417 e. The van der Waals surface area contributed by atoms with E-state index in [0.29, 0.717) is 37.0 Å². The Morgan fingerprint density at radius 1 is 1.20 bits per heavy atom. The molecule has 2 aromatic rings. The summed E-state index contributed by atoms with van der Waals surface area (Å²) in [5, 5.41) is 3.53. The first-order valence-corrected chi connectivity index (χ1v) is 10.1. The van der Waals surface area contributed by atoms with Crippen molar-refractivity contribution < 1.29 is 18.0 Å². The second-order valence-electron chi connectivity index (χ2n) is 7.13. The first kappa shape index (κ1) is 22.7. The molecule has 1 aliphatic heterocycles. The number of halogens is 5. The van der Waals surface area contributed by atoms with E-state index in [1.165, 1.54) is 0 Å². The number of carbonyl (C=O) groups excluding carboxylic acids is 1. The molecule has 3 rings (SSSR count). The highest BCUT2D eigenvalue weighted by molar-refractivity contribution is 6.33. The predicted molar refractivity (Wildman–Crippen MR) is 111 cm³/mol. The third kappa shape index (κ3) is 5.77. The Morgan fingerprint density at radius 2 is 1.90 bits per heavy atom. The number of anilines is 1. The Bertz CT molecular complexity index is 902. The molecule has 0 saturated carbocycles. The van der Waals surface area contributed by atoms with Crippen LogP contribution in [0.1, 0.15) is 24.1 Å². The van der Waals surface area contributed by atoms with E-state index >= 15 is 0 Å². The van der Waals surface area contributed by atoms with E-state index in [-0.39, 0.29) is 23.5 Å². The number of alkyl halides is 3. The number of amides is 1. The van der Waals surface area contributed by atoms with Crippen LogP contribution in [0.5, 0.6) is 0 Å². The number of aromatic nitrogens is 1. The molecule has 0 radical (unpaired) electrons. The molecule has 30 heavy (non-hydrogen) atoms. The summed E-state index contributed by atoms with van der Waals surface area (Å²) in [4.78, 5) is 20.1.